The summed E-state index contributed by atoms with van der Waals surface area (Å²) < 4.78 is 5.70. The van der Waals surface area contributed by atoms with Crippen LogP contribution in [0, 0.1) is 0 Å². The number of nitrogens with two attached hydrogens (primary N) is 1. The molecule has 1 saturated heterocycles. The number of aliphatic imine (C=N–C) groups is 1. The van der Waals surface area contributed by atoms with Crippen LogP contribution in [0.3, 0.4) is 0 Å². The molecule has 22 heavy (non-hydrogen) atoms. The number of hydrogen-bond acceptors (Lipinski definition) is 3. The molecule has 0 radical (unpaired) electrons. The van der Waals surface area contributed by atoms with Gasteiger partial charge in [0.05, 0.1) is 6.54 Å². The maximum Gasteiger partial charge on any atom is 0.213 e. The number of aromatic nitrogens is 1. The van der Waals surface area contributed by atoms with Gasteiger partial charge in [0, 0.05) is 25.4 Å². The molecule has 1 aromatic heterocycles. The van der Waals surface area contributed by atoms with E-state index in [1.54, 1.807) is 6.20 Å². The van der Waals surface area contributed by atoms with Crippen LogP contribution in [0.1, 0.15) is 45.6 Å². The van der Waals surface area contributed by atoms with E-state index < -0.39 is 0 Å². The highest BCUT2D eigenvalue weighted by atomic mass is 127. The van der Waals surface area contributed by atoms with E-state index in [1.165, 1.54) is 19.3 Å². The number of likely N-dealkylation sites (tertiary alicyclic amines) is 1. The zero-order valence-electron chi connectivity index (χ0n) is 13.7. The van der Waals surface area contributed by atoms with Crippen LogP contribution in [0.25, 0.3) is 0 Å². The van der Waals surface area contributed by atoms with Crippen LogP contribution >= 0.6 is 24.0 Å². The molecule has 2 rings (SSSR count). The highest BCUT2D eigenvalue weighted by Gasteiger charge is 2.13. The summed E-state index contributed by atoms with van der Waals surface area (Å²) in [7, 11) is 0. The number of hydrogen-bond donors (Lipinski definition) is 1. The van der Waals surface area contributed by atoms with E-state index in [0.717, 1.165) is 18.7 Å². The van der Waals surface area contributed by atoms with Crippen LogP contribution in [-0.4, -0.2) is 34.5 Å². The first kappa shape index (κ1) is 19.0. The Morgan fingerprint density at radius 3 is 2.50 bits per heavy atom. The van der Waals surface area contributed by atoms with Crippen molar-refractivity contribution >= 4 is 29.9 Å². The first-order chi connectivity index (χ1) is 9.94. The molecule has 1 fully saturated rings. The first-order valence-corrected chi connectivity index (χ1v) is 7.63. The topological polar surface area (TPSA) is 63.7 Å². The lowest BCUT2D eigenvalue weighted by molar-refractivity contribution is 0.124. The third-order valence-electron chi connectivity index (χ3n) is 3.31. The molecule has 2 N–H and O–H groups in total. The van der Waals surface area contributed by atoms with Crippen LogP contribution in [0.2, 0.25) is 0 Å². The molecule has 0 atom stereocenters. The number of piperidine rings is 1. The number of halogens is 1. The van der Waals surface area contributed by atoms with E-state index in [1.807, 2.05) is 32.9 Å². The Hall–Kier alpha value is -1.05. The van der Waals surface area contributed by atoms with Crippen LogP contribution in [0.15, 0.2) is 23.3 Å². The Morgan fingerprint density at radius 2 is 1.95 bits per heavy atom. The molecule has 124 valence electrons. The van der Waals surface area contributed by atoms with Gasteiger partial charge in [-0.15, -0.1) is 24.0 Å². The predicted molar refractivity (Wildman–Crippen MR) is 101 cm³/mol. The second-order valence-electron chi connectivity index (χ2n) is 6.44. The molecule has 1 aliphatic rings. The van der Waals surface area contributed by atoms with E-state index in [9.17, 15) is 0 Å². The Labute approximate surface area is 150 Å². The normalized spacial score (nSPS) is 16.1. The van der Waals surface area contributed by atoms with E-state index >= 15 is 0 Å². The fourth-order valence-electron chi connectivity index (χ4n) is 2.27. The molecule has 0 aliphatic carbocycles. The van der Waals surface area contributed by atoms with Crippen molar-refractivity contribution < 1.29 is 4.74 Å². The number of nitrogens with zero attached hydrogens (tertiary/aromatic N) is 3. The van der Waals surface area contributed by atoms with Gasteiger partial charge in [0.15, 0.2) is 5.96 Å². The van der Waals surface area contributed by atoms with Crippen LogP contribution in [-0.2, 0) is 6.54 Å². The van der Waals surface area contributed by atoms with Gasteiger partial charge in [-0.2, -0.15) is 0 Å². The standard InChI is InChI=1S/C16H26N4O.HI/c1-16(2,3)21-14-8-7-13(11-18-14)12-19-15(17)20-9-5-4-6-10-20;/h7-8,11H,4-6,9-10,12H2,1-3H3,(H2,17,19);1H. The van der Waals surface area contributed by atoms with Gasteiger partial charge in [-0.05, 0) is 45.6 Å². The minimum atomic E-state index is -0.231. The molecule has 0 aromatic carbocycles. The molecule has 0 unspecified atom stereocenters. The van der Waals surface area contributed by atoms with Gasteiger partial charge in [0.2, 0.25) is 5.88 Å². The first-order valence-electron chi connectivity index (χ1n) is 7.63. The zero-order chi connectivity index (χ0) is 15.3. The summed E-state index contributed by atoms with van der Waals surface area (Å²) in [4.78, 5) is 10.9. The van der Waals surface area contributed by atoms with Crippen LogP contribution in [0.4, 0.5) is 0 Å². The molecular weight excluding hydrogens is 391 g/mol. The molecule has 0 bridgehead atoms. The summed E-state index contributed by atoms with van der Waals surface area (Å²) in [5, 5.41) is 0. The quantitative estimate of drug-likeness (QED) is 0.465. The third kappa shape index (κ3) is 6.37. The zero-order valence-corrected chi connectivity index (χ0v) is 16.0. The van der Waals surface area contributed by atoms with Crippen molar-refractivity contribution in [1.29, 1.82) is 0 Å². The van der Waals surface area contributed by atoms with Gasteiger partial charge in [0.25, 0.3) is 0 Å². The second-order valence-corrected chi connectivity index (χ2v) is 6.44. The van der Waals surface area contributed by atoms with Crippen molar-refractivity contribution in [2.24, 2.45) is 10.7 Å². The van der Waals surface area contributed by atoms with Gasteiger partial charge in [-0.3, -0.25) is 0 Å². The Morgan fingerprint density at radius 1 is 1.27 bits per heavy atom. The lowest BCUT2D eigenvalue weighted by atomic mass is 10.1. The van der Waals surface area contributed by atoms with E-state index in [4.69, 9.17) is 10.5 Å². The molecule has 2 heterocycles. The molecule has 5 nitrogen and oxygen atoms in total. The monoisotopic (exact) mass is 418 g/mol. The SMILES string of the molecule is CC(C)(C)Oc1ccc(CN=C(N)N2CCCCC2)cn1.I. The van der Waals surface area contributed by atoms with Gasteiger partial charge in [0.1, 0.15) is 5.60 Å². The minimum absolute atomic E-state index is 0. The smallest absolute Gasteiger partial charge is 0.213 e. The molecule has 0 spiro atoms. The molecular formula is C16H27IN4O. The summed E-state index contributed by atoms with van der Waals surface area (Å²) in [5.74, 6) is 1.28. The summed E-state index contributed by atoms with van der Waals surface area (Å²) in [6.07, 6.45) is 5.50. The van der Waals surface area contributed by atoms with Crippen LogP contribution in [0.5, 0.6) is 5.88 Å². The lowest BCUT2D eigenvalue weighted by Crippen LogP contribution is -2.40. The van der Waals surface area contributed by atoms with Crippen molar-refractivity contribution in [3.05, 3.63) is 23.9 Å². The fourth-order valence-corrected chi connectivity index (χ4v) is 2.27. The molecule has 1 aromatic rings. The number of guanidine groups is 1. The lowest BCUT2D eigenvalue weighted by Gasteiger charge is -2.27. The average molecular weight is 418 g/mol. The molecule has 0 saturated carbocycles. The fraction of sp³-hybridized carbons (Fsp3) is 0.625. The average Bonchev–Trinajstić information content (AvgIpc) is 2.45. The van der Waals surface area contributed by atoms with E-state index in [-0.39, 0.29) is 29.6 Å². The number of rotatable bonds is 3. The van der Waals surface area contributed by atoms with Crippen molar-refractivity contribution in [2.45, 2.75) is 52.2 Å². The van der Waals surface area contributed by atoms with Crippen molar-refractivity contribution in [3.8, 4) is 5.88 Å². The maximum absolute atomic E-state index is 6.04. The summed E-state index contributed by atoms with van der Waals surface area (Å²) >= 11 is 0. The van der Waals surface area contributed by atoms with Gasteiger partial charge < -0.3 is 15.4 Å². The van der Waals surface area contributed by atoms with Gasteiger partial charge in [-0.1, -0.05) is 6.07 Å². The second kappa shape index (κ2) is 8.55. The third-order valence-corrected chi connectivity index (χ3v) is 3.31. The summed E-state index contributed by atoms with van der Waals surface area (Å²) in [5.41, 5.74) is 6.85. The largest absolute Gasteiger partial charge is 0.472 e. The van der Waals surface area contributed by atoms with Gasteiger partial charge in [-0.25, -0.2) is 9.98 Å². The van der Waals surface area contributed by atoms with Gasteiger partial charge >= 0.3 is 0 Å². The van der Waals surface area contributed by atoms with E-state index in [2.05, 4.69) is 14.9 Å². The Bertz CT molecular complexity index is 476. The Kier molecular flexibility index (Phi) is 7.38. The van der Waals surface area contributed by atoms with Crippen molar-refractivity contribution in [1.82, 2.24) is 9.88 Å². The summed E-state index contributed by atoms with van der Waals surface area (Å²) in [6, 6.07) is 3.87. The molecule has 1 aliphatic heterocycles. The molecule has 6 heteroatoms. The minimum Gasteiger partial charge on any atom is -0.472 e. The van der Waals surface area contributed by atoms with Crippen molar-refractivity contribution in [3.63, 3.8) is 0 Å². The van der Waals surface area contributed by atoms with Crippen molar-refractivity contribution in [2.75, 3.05) is 13.1 Å². The Balaban J connectivity index is 0.00000242. The highest BCUT2D eigenvalue weighted by molar-refractivity contribution is 14.0. The van der Waals surface area contributed by atoms with E-state index in [0.29, 0.717) is 18.4 Å². The van der Waals surface area contributed by atoms with Crippen LogP contribution < -0.4 is 10.5 Å². The number of ether oxygens (including phenoxy) is 1. The summed E-state index contributed by atoms with van der Waals surface area (Å²) in [6.45, 7) is 8.62. The predicted octanol–water partition coefficient (Wildman–Crippen LogP) is 3.18. The number of pyridine rings is 1. The molecule has 0 amide bonds. The maximum atomic E-state index is 6.04. The highest BCUT2D eigenvalue weighted by Crippen LogP contribution is 2.15.